The second-order valence-corrected chi connectivity index (χ2v) is 10.2. The molecule has 0 saturated carbocycles. The Morgan fingerprint density at radius 3 is 2.46 bits per heavy atom. The second kappa shape index (κ2) is 8.20. The minimum absolute atomic E-state index is 0.0613. The van der Waals surface area contributed by atoms with Crippen molar-refractivity contribution >= 4 is 21.8 Å². The van der Waals surface area contributed by atoms with Crippen LogP contribution in [0.3, 0.4) is 0 Å². The molecule has 2 unspecified atom stereocenters. The van der Waals surface area contributed by atoms with Gasteiger partial charge in [-0.05, 0) is 54.4 Å². The molecule has 0 spiro atoms. The molecule has 2 heterocycles. The maximum atomic E-state index is 13.0. The highest BCUT2D eigenvalue weighted by Gasteiger charge is 2.37. The Morgan fingerprint density at radius 1 is 1.29 bits per heavy atom. The Kier molecular flexibility index (Phi) is 6.55. The van der Waals surface area contributed by atoms with Crippen molar-refractivity contribution in [2.45, 2.75) is 70.9 Å². The summed E-state index contributed by atoms with van der Waals surface area (Å²) in [7, 11) is -3.80. The molecule has 1 aliphatic heterocycles. The minimum Gasteiger partial charge on any atom is -0.360 e. The molecular weight excluding hydrogens is 384 g/mol. The molecule has 0 radical (unpaired) electrons. The number of aryl methyl sites for hydroxylation is 2. The molecule has 0 aliphatic carbocycles. The summed E-state index contributed by atoms with van der Waals surface area (Å²) in [5.74, 6) is -0.891. The van der Waals surface area contributed by atoms with Gasteiger partial charge < -0.3 is 15.2 Å². The molecule has 1 saturated heterocycles. The van der Waals surface area contributed by atoms with E-state index in [9.17, 15) is 18.0 Å². The van der Waals surface area contributed by atoms with Crippen molar-refractivity contribution < 1.29 is 22.5 Å². The Balaban J connectivity index is 2.06. The van der Waals surface area contributed by atoms with E-state index in [-0.39, 0.29) is 29.0 Å². The van der Waals surface area contributed by atoms with E-state index < -0.39 is 27.5 Å². The third kappa shape index (κ3) is 5.11. The zero-order valence-electron chi connectivity index (χ0n) is 17.3. The van der Waals surface area contributed by atoms with Gasteiger partial charge in [0.25, 0.3) is 0 Å². The Labute approximate surface area is 166 Å². The number of nitrogens with one attached hydrogen (secondary N) is 2. The molecule has 1 fully saturated rings. The van der Waals surface area contributed by atoms with Crippen LogP contribution in [-0.4, -0.2) is 54.4 Å². The zero-order valence-corrected chi connectivity index (χ0v) is 18.1. The molecule has 2 N–H and O–H groups in total. The third-order valence-corrected chi connectivity index (χ3v) is 6.68. The van der Waals surface area contributed by atoms with Crippen LogP contribution >= 0.6 is 0 Å². The van der Waals surface area contributed by atoms with Gasteiger partial charge in [0, 0.05) is 18.6 Å². The fourth-order valence-electron chi connectivity index (χ4n) is 3.22. The number of rotatable bonds is 5. The number of hydrogen-bond donors (Lipinski definition) is 2. The van der Waals surface area contributed by atoms with Gasteiger partial charge in [0.1, 0.15) is 16.6 Å². The van der Waals surface area contributed by atoms with Crippen molar-refractivity contribution in [3.8, 4) is 0 Å². The van der Waals surface area contributed by atoms with Crippen molar-refractivity contribution in [3.05, 3.63) is 11.5 Å². The van der Waals surface area contributed by atoms with Crippen molar-refractivity contribution in [2.75, 3.05) is 13.1 Å². The molecule has 2 amide bonds. The molecule has 1 aromatic heterocycles. The third-order valence-electron chi connectivity index (χ3n) is 4.57. The van der Waals surface area contributed by atoms with Gasteiger partial charge in [-0.1, -0.05) is 5.16 Å². The molecule has 1 aliphatic rings. The summed E-state index contributed by atoms with van der Waals surface area (Å²) in [6.45, 7) is 10.7. The first kappa shape index (κ1) is 22.4. The number of hydrogen-bond acceptors (Lipinski definition) is 6. The fraction of sp³-hybridized carbons (Fsp3) is 0.722. The summed E-state index contributed by atoms with van der Waals surface area (Å²) in [6.07, 6.45) is 1.12. The van der Waals surface area contributed by atoms with Crippen LogP contribution in [0.25, 0.3) is 0 Å². The molecule has 0 aromatic carbocycles. The first-order chi connectivity index (χ1) is 12.8. The summed E-state index contributed by atoms with van der Waals surface area (Å²) < 4.78 is 32.2. The van der Waals surface area contributed by atoms with Crippen LogP contribution < -0.4 is 10.6 Å². The Morgan fingerprint density at radius 2 is 1.93 bits per heavy atom. The van der Waals surface area contributed by atoms with E-state index >= 15 is 0 Å². The first-order valence-corrected chi connectivity index (χ1v) is 10.8. The van der Waals surface area contributed by atoms with Gasteiger partial charge in [0.2, 0.25) is 21.8 Å². The number of piperidine rings is 1. The average molecular weight is 415 g/mol. The van der Waals surface area contributed by atoms with Gasteiger partial charge in [-0.15, -0.1) is 0 Å². The van der Waals surface area contributed by atoms with Crippen LogP contribution in [0.2, 0.25) is 0 Å². The van der Waals surface area contributed by atoms with Gasteiger partial charge in [0.05, 0.1) is 5.92 Å². The predicted molar refractivity (Wildman–Crippen MR) is 103 cm³/mol. The summed E-state index contributed by atoms with van der Waals surface area (Å²) in [5.41, 5.74) is -0.100. The van der Waals surface area contributed by atoms with Crippen LogP contribution in [-0.2, 0) is 19.6 Å². The lowest BCUT2D eigenvalue weighted by Crippen LogP contribution is -2.53. The smallest absolute Gasteiger partial charge is 0.248 e. The van der Waals surface area contributed by atoms with E-state index in [1.807, 2.05) is 20.8 Å². The predicted octanol–water partition coefficient (Wildman–Crippen LogP) is 1.11. The van der Waals surface area contributed by atoms with Crippen molar-refractivity contribution in [1.29, 1.82) is 0 Å². The van der Waals surface area contributed by atoms with E-state index in [1.54, 1.807) is 20.8 Å². The highest BCUT2D eigenvalue weighted by atomic mass is 32.2. The lowest BCUT2D eigenvalue weighted by Gasteiger charge is -2.32. The SMILES string of the molecule is Cc1noc(C)c1S(=O)(=O)N1CCCC(C(=O)NC(C)C(=O)NC(C)(C)C)C1. The molecule has 28 heavy (non-hydrogen) atoms. The molecule has 0 bridgehead atoms. The Bertz CT molecular complexity index is 821. The van der Waals surface area contributed by atoms with Crippen LogP contribution in [0, 0.1) is 19.8 Å². The highest BCUT2D eigenvalue weighted by Crippen LogP contribution is 2.27. The lowest BCUT2D eigenvalue weighted by molar-refractivity contribution is -0.132. The number of nitrogens with zero attached hydrogens (tertiary/aromatic N) is 2. The standard InChI is InChI=1S/C18H30N4O5S/c1-11-15(13(3)27-21-11)28(25,26)22-9-7-8-14(10-22)17(24)19-12(2)16(23)20-18(4,5)6/h12,14H,7-10H2,1-6H3,(H,19,24)(H,20,23). The highest BCUT2D eigenvalue weighted by molar-refractivity contribution is 7.89. The second-order valence-electron chi connectivity index (χ2n) is 8.33. The van der Waals surface area contributed by atoms with Crippen molar-refractivity contribution in [1.82, 2.24) is 20.1 Å². The zero-order chi connectivity index (χ0) is 21.3. The molecule has 10 heteroatoms. The van der Waals surface area contributed by atoms with E-state index in [2.05, 4.69) is 15.8 Å². The van der Waals surface area contributed by atoms with Gasteiger partial charge in [-0.2, -0.15) is 4.31 Å². The fourth-order valence-corrected chi connectivity index (χ4v) is 5.04. The lowest BCUT2D eigenvalue weighted by atomic mass is 9.98. The van der Waals surface area contributed by atoms with Crippen molar-refractivity contribution in [3.63, 3.8) is 0 Å². The maximum absolute atomic E-state index is 13.0. The monoisotopic (exact) mass is 414 g/mol. The molecule has 2 atom stereocenters. The molecular formula is C18H30N4O5S. The molecule has 158 valence electrons. The number of amides is 2. The topological polar surface area (TPSA) is 122 Å². The van der Waals surface area contributed by atoms with E-state index in [1.165, 1.54) is 4.31 Å². The molecule has 1 aromatic rings. The van der Waals surface area contributed by atoms with Gasteiger partial charge in [-0.25, -0.2) is 8.42 Å². The number of sulfonamides is 1. The average Bonchev–Trinajstić information content (AvgIpc) is 2.92. The number of carbonyl (C=O) groups is 2. The van der Waals surface area contributed by atoms with Crippen molar-refractivity contribution in [2.24, 2.45) is 5.92 Å². The quantitative estimate of drug-likeness (QED) is 0.744. The number of aromatic nitrogens is 1. The molecule has 2 rings (SSSR count). The largest absolute Gasteiger partial charge is 0.360 e. The minimum atomic E-state index is -3.80. The maximum Gasteiger partial charge on any atom is 0.248 e. The van der Waals surface area contributed by atoms with Crippen LogP contribution in [0.15, 0.2) is 9.42 Å². The summed E-state index contributed by atoms with van der Waals surface area (Å²) >= 11 is 0. The van der Waals surface area contributed by atoms with Gasteiger partial charge >= 0.3 is 0 Å². The van der Waals surface area contributed by atoms with E-state index in [0.717, 1.165) is 0 Å². The van der Waals surface area contributed by atoms with Gasteiger partial charge in [0.15, 0.2) is 5.76 Å². The van der Waals surface area contributed by atoms with Crippen LogP contribution in [0.1, 0.15) is 52.0 Å². The van der Waals surface area contributed by atoms with Crippen LogP contribution in [0.4, 0.5) is 0 Å². The van der Waals surface area contributed by atoms with Crippen LogP contribution in [0.5, 0.6) is 0 Å². The Hall–Kier alpha value is -1.94. The molecule has 9 nitrogen and oxygen atoms in total. The number of carbonyl (C=O) groups excluding carboxylic acids is 2. The summed E-state index contributed by atoms with van der Waals surface area (Å²) in [6, 6.07) is -0.707. The summed E-state index contributed by atoms with van der Waals surface area (Å²) in [5, 5.41) is 9.23. The summed E-state index contributed by atoms with van der Waals surface area (Å²) in [4.78, 5) is 24.9. The normalized spacial score (nSPS) is 19.9. The first-order valence-electron chi connectivity index (χ1n) is 9.38. The van der Waals surface area contributed by atoms with E-state index in [4.69, 9.17) is 4.52 Å². The van der Waals surface area contributed by atoms with E-state index in [0.29, 0.717) is 25.1 Å². The van der Waals surface area contributed by atoms with Gasteiger partial charge in [-0.3, -0.25) is 9.59 Å².